The minimum Gasteiger partial charge on any atom is -0.370 e. The van der Waals surface area contributed by atoms with E-state index in [1.165, 1.54) is 12.1 Å². The quantitative estimate of drug-likeness (QED) is 0.876. The van der Waals surface area contributed by atoms with Gasteiger partial charge in [-0.15, -0.1) is 0 Å². The number of hydrogen-bond acceptors (Lipinski definition) is 4. The molecule has 1 N–H and O–H groups in total. The lowest BCUT2D eigenvalue weighted by Crippen LogP contribution is -2.27. The third kappa shape index (κ3) is 3.54. The van der Waals surface area contributed by atoms with E-state index < -0.39 is 15.7 Å². The van der Waals surface area contributed by atoms with E-state index in [0.717, 1.165) is 50.4 Å². The van der Waals surface area contributed by atoms with E-state index in [9.17, 15) is 12.8 Å². The Morgan fingerprint density at radius 1 is 0.870 bits per heavy atom. The Kier molecular flexibility index (Phi) is 4.63. The smallest absolute Gasteiger partial charge is 0.206 e. The molecule has 1 heterocycles. The standard InChI is InChI=1S/C17H19FN2O2S/c18-14-2-6-16(7-3-14)23(21,22)17-8-4-15(5-9-17)20-12-1-10-19-11-13-20/h2-9,19H,1,10-13H2. The van der Waals surface area contributed by atoms with Gasteiger partial charge in [0.1, 0.15) is 5.82 Å². The summed E-state index contributed by atoms with van der Waals surface area (Å²) in [5, 5.41) is 3.34. The van der Waals surface area contributed by atoms with Crippen molar-refractivity contribution in [3.05, 3.63) is 54.3 Å². The van der Waals surface area contributed by atoms with Gasteiger partial charge in [-0.1, -0.05) is 0 Å². The third-order valence-electron chi connectivity index (χ3n) is 3.98. The van der Waals surface area contributed by atoms with E-state index in [0.29, 0.717) is 0 Å². The van der Waals surface area contributed by atoms with Gasteiger partial charge >= 0.3 is 0 Å². The fourth-order valence-electron chi connectivity index (χ4n) is 2.69. The molecule has 3 rings (SSSR count). The van der Waals surface area contributed by atoms with Gasteiger partial charge in [-0.25, -0.2) is 12.8 Å². The van der Waals surface area contributed by atoms with E-state index >= 15 is 0 Å². The Bertz CT molecular complexity index is 750. The first-order valence-electron chi connectivity index (χ1n) is 7.64. The zero-order valence-electron chi connectivity index (χ0n) is 12.7. The molecule has 2 aromatic rings. The van der Waals surface area contributed by atoms with Gasteiger partial charge in [0.05, 0.1) is 9.79 Å². The van der Waals surface area contributed by atoms with Crippen molar-refractivity contribution >= 4 is 15.5 Å². The van der Waals surface area contributed by atoms with Crippen LogP contribution >= 0.6 is 0 Å². The van der Waals surface area contributed by atoms with Crippen molar-refractivity contribution in [1.29, 1.82) is 0 Å². The molecule has 0 unspecified atom stereocenters. The van der Waals surface area contributed by atoms with Crippen LogP contribution in [-0.4, -0.2) is 34.6 Å². The Morgan fingerprint density at radius 2 is 1.48 bits per heavy atom. The molecule has 0 atom stereocenters. The van der Waals surface area contributed by atoms with Gasteiger partial charge in [-0.3, -0.25) is 0 Å². The van der Waals surface area contributed by atoms with Gasteiger partial charge in [0.15, 0.2) is 0 Å². The highest BCUT2D eigenvalue weighted by molar-refractivity contribution is 7.91. The van der Waals surface area contributed by atoms with Crippen LogP contribution in [0.25, 0.3) is 0 Å². The number of anilines is 1. The normalized spacial score (nSPS) is 16.1. The maximum Gasteiger partial charge on any atom is 0.206 e. The first-order chi connectivity index (χ1) is 11.1. The highest BCUT2D eigenvalue weighted by Gasteiger charge is 2.18. The molecule has 1 aliphatic heterocycles. The van der Waals surface area contributed by atoms with Crippen LogP contribution < -0.4 is 10.2 Å². The molecule has 4 nitrogen and oxygen atoms in total. The molecule has 0 radical (unpaired) electrons. The van der Waals surface area contributed by atoms with Crippen molar-refractivity contribution < 1.29 is 12.8 Å². The Hall–Kier alpha value is -1.92. The molecule has 6 heteroatoms. The van der Waals surface area contributed by atoms with Crippen LogP contribution in [0.2, 0.25) is 0 Å². The first-order valence-corrected chi connectivity index (χ1v) is 9.12. The molecule has 0 saturated carbocycles. The number of benzene rings is 2. The highest BCUT2D eigenvalue weighted by atomic mass is 32.2. The summed E-state index contributed by atoms with van der Waals surface area (Å²) in [5.41, 5.74) is 1.02. The number of halogens is 1. The van der Waals surface area contributed by atoms with Gasteiger partial charge in [-0.2, -0.15) is 0 Å². The van der Waals surface area contributed by atoms with Crippen molar-refractivity contribution in [3.63, 3.8) is 0 Å². The number of nitrogens with one attached hydrogen (secondary N) is 1. The molecular weight excluding hydrogens is 315 g/mol. The molecule has 1 fully saturated rings. The zero-order valence-corrected chi connectivity index (χ0v) is 13.5. The number of sulfone groups is 1. The summed E-state index contributed by atoms with van der Waals surface area (Å²) >= 11 is 0. The molecule has 1 saturated heterocycles. The average molecular weight is 334 g/mol. The van der Waals surface area contributed by atoms with Crippen molar-refractivity contribution in [2.24, 2.45) is 0 Å². The van der Waals surface area contributed by atoms with Crippen molar-refractivity contribution in [1.82, 2.24) is 5.32 Å². The molecule has 23 heavy (non-hydrogen) atoms. The van der Waals surface area contributed by atoms with Gasteiger partial charge in [-0.05, 0) is 61.5 Å². The summed E-state index contributed by atoms with van der Waals surface area (Å²) < 4.78 is 38.0. The summed E-state index contributed by atoms with van der Waals surface area (Å²) in [4.78, 5) is 2.57. The monoisotopic (exact) mass is 334 g/mol. The number of rotatable bonds is 3. The minimum atomic E-state index is -3.61. The number of hydrogen-bond donors (Lipinski definition) is 1. The molecule has 0 aromatic heterocycles. The molecular formula is C17H19FN2O2S. The third-order valence-corrected chi connectivity index (χ3v) is 5.76. The van der Waals surface area contributed by atoms with Crippen LogP contribution in [0.5, 0.6) is 0 Å². The largest absolute Gasteiger partial charge is 0.370 e. The maximum absolute atomic E-state index is 13.0. The fraction of sp³-hybridized carbons (Fsp3) is 0.294. The minimum absolute atomic E-state index is 0.102. The van der Waals surface area contributed by atoms with E-state index in [1.54, 1.807) is 12.1 Å². The van der Waals surface area contributed by atoms with Crippen LogP contribution in [0.1, 0.15) is 6.42 Å². The van der Waals surface area contributed by atoms with Crippen LogP contribution in [0, 0.1) is 5.82 Å². The SMILES string of the molecule is O=S(=O)(c1ccc(F)cc1)c1ccc(N2CCCNCC2)cc1. The van der Waals surface area contributed by atoms with Crippen LogP contribution in [0.4, 0.5) is 10.1 Å². The van der Waals surface area contributed by atoms with Gasteiger partial charge in [0.2, 0.25) is 9.84 Å². The van der Waals surface area contributed by atoms with Crippen LogP contribution in [-0.2, 0) is 9.84 Å². The van der Waals surface area contributed by atoms with E-state index in [-0.39, 0.29) is 9.79 Å². The van der Waals surface area contributed by atoms with E-state index in [2.05, 4.69) is 10.2 Å². The second-order valence-electron chi connectivity index (χ2n) is 5.54. The lowest BCUT2D eigenvalue weighted by atomic mass is 10.2. The van der Waals surface area contributed by atoms with Crippen molar-refractivity contribution in [2.45, 2.75) is 16.2 Å². The van der Waals surface area contributed by atoms with Crippen molar-refractivity contribution in [2.75, 3.05) is 31.1 Å². The van der Waals surface area contributed by atoms with Gasteiger partial charge in [0, 0.05) is 25.3 Å². The molecule has 122 valence electrons. The van der Waals surface area contributed by atoms with E-state index in [4.69, 9.17) is 0 Å². The molecule has 0 aliphatic carbocycles. The maximum atomic E-state index is 13.0. The molecule has 0 amide bonds. The first kappa shape index (κ1) is 16.0. The Morgan fingerprint density at radius 3 is 2.13 bits per heavy atom. The predicted octanol–water partition coefficient (Wildman–Crippen LogP) is 2.46. The summed E-state index contributed by atoms with van der Waals surface area (Å²) in [7, 11) is -3.61. The van der Waals surface area contributed by atoms with Crippen molar-refractivity contribution in [3.8, 4) is 0 Å². The topological polar surface area (TPSA) is 49.4 Å². The predicted molar refractivity (Wildman–Crippen MR) is 88.0 cm³/mol. The summed E-state index contributed by atoms with van der Waals surface area (Å²) in [6.45, 7) is 3.80. The lowest BCUT2D eigenvalue weighted by Gasteiger charge is -2.22. The fourth-order valence-corrected chi connectivity index (χ4v) is 3.95. The zero-order chi connectivity index (χ0) is 16.3. The second kappa shape index (κ2) is 6.68. The Balaban J connectivity index is 1.84. The molecule has 0 bridgehead atoms. The van der Waals surface area contributed by atoms with Crippen LogP contribution in [0.3, 0.4) is 0 Å². The summed E-state index contributed by atoms with van der Waals surface area (Å²) in [5.74, 6) is -0.450. The lowest BCUT2D eigenvalue weighted by molar-refractivity contribution is 0.594. The number of nitrogens with zero attached hydrogens (tertiary/aromatic N) is 1. The summed E-state index contributed by atoms with van der Waals surface area (Å²) in [6.07, 6.45) is 1.07. The summed E-state index contributed by atoms with van der Waals surface area (Å²) in [6, 6.07) is 11.8. The van der Waals surface area contributed by atoms with E-state index in [1.807, 2.05) is 12.1 Å². The van der Waals surface area contributed by atoms with Crippen LogP contribution in [0.15, 0.2) is 58.3 Å². The molecule has 1 aliphatic rings. The molecule has 2 aromatic carbocycles. The Labute approximate surface area is 135 Å². The highest BCUT2D eigenvalue weighted by Crippen LogP contribution is 2.24. The molecule has 0 spiro atoms. The average Bonchev–Trinajstić information content (AvgIpc) is 2.85. The van der Waals surface area contributed by atoms with Gasteiger partial charge in [0.25, 0.3) is 0 Å². The van der Waals surface area contributed by atoms with Gasteiger partial charge < -0.3 is 10.2 Å². The second-order valence-corrected chi connectivity index (χ2v) is 7.49.